The summed E-state index contributed by atoms with van der Waals surface area (Å²) in [4.78, 5) is 23.5. The van der Waals surface area contributed by atoms with Crippen molar-refractivity contribution in [1.82, 2.24) is 15.0 Å². The van der Waals surface area contributed by atoms with E-state index in [4.69, 9.17) is 16.7 Å². The van der Waals surface area contributed by atoms with E-state index in [1.165, 1.54) is 12.3 Å². The van der Waals surface area contributed by atoms with Crippen LogP contribution in [0, 0.1) is 13.8 Å². The summed E-state index contributed by atoms with van der Waals surface area (Å²) >= 11 is 7.16. The van der Waals surface area contributed by atoms with Gasteiger partial charge >= 0.3 is 5.97 Å². The van der Waals surface area contributed by atoms with Crippen LogP contribution in [0.4, 0.5) is 0 Å². The molecule has 0 aliphatic rings. The monoisotopic (exact) mass is 295 g/mol. The minimum Gasteiger partial charge on any atom is -0.478 e. The number of halogens is 1. The maximum absolute atomic E-state index is 11.0. The number of hydrogen-bond acceptors (Lipinski definition) is 5. The Kier molecular flexibility index (Phi) is 4.01. The molecular weight excluding hydrogens is 286 g/mol. The van der Waals surface area contributed by atoms with Crippen LogP contribution in [0.1, 0.15) is 21.7 Å². The van der Waals surface area contributed by atoms with E-state index in [1.54, 1.807) is 0 Å². The first-order valence-corrected chi connectivity index (χ1v) is 6.55. The van der Waals surface area contributed by atoms with Crippen LogP contribution in [-0.2, 0) is 0 Å². The molecule has 0 atom stereocenters. The van der Waals surface area contributed by atoms with E-state index >= 15 is 0 Å². The SMILES string of the molecule is Cc1cc(C)nc(Sc2nccc(C(=O)O)c2Cl)n1. The highest BCUT2D eigenvalue weighted by atomic mass is 35.5. The fourth-order valence-electron chi connectivity index (χ4n) is 1.49. The Labute approximate surface area is 119 Å². The van der Waals surface area contributed by atoms with Crippen molar-refractivity contribution in [2.24, 2.45) is 0 Å². The molecule has 0 fully saturated rings. The van der Waals surface area contributed by atoms with Gasteiger partial charge in [0.15, 0.2) is 5.16 Å². The van der Waals surface area contributed by atoms with Crippen molar-refractivity contribution in [1.29, 1.82) is 0 Å². The van der Waals surface area contributed by atoms with Crippen molar-refractivity contribution in [3.05, 3.63) is 40.3 Å². The first-order valence-electron chi connectivity index (χ1n) is 5.35. The van der Waals surface area contributed by atoms with Crippen molar-refractivity contribution in [3.63, 3.8) is 0 Å². The second-order valence-electron chi connectivity index (χ2n) is 3.82. The van der Waals surface area contributed by atoms with Crippen LogP contribution in [0.3, 0.4) is 0 Å². The molecule has 7 heteroatoms. The Morgan fingerprint density at radius 1 is 1.32 bits per heavy atom. The van der Waals surface area contributed by atoms with E-state index in [9.17, 15) is 4.79 Å². The van der Waals surface area contributed by atoms with Crippen molar-refractivity contribution in [3.8, 4) is 0 Å². The number of aryl methyl sites for hydroxylation is 2. The topological polar surface area (TPSA) is 76.0 Å². The highest BCUT2D eigenvalue weighted by Crippen LogP contribution is 2.31. The van der Waals surface area contributed by atoms with Crippen LogP contribution in [-0.4, -0.2) is 26.0 Å². The molecule has 1 N–H and O–H groups in total. The van der Waals surface area contributed by atoms with Gasteiger partial charge in [0.2, 0.25) is 0 Å². The maximum atomic E-state index is 11.0. The minimum absolute atomic E-state index is 0.0172. The van der Waals surface area contributed by atoms with Crippen LogP contribution in [0.2, 0.25) is 5.02 Å². The normalized spacial score (nSPS) is 10.5. The number of rotatable bonds is 3. The summed E-state index contributed by atoms with van der Waals surface area (Å²) in [6, 6.07) is 3.21. The lowest BCUT2D eigenvalue weighted by Crippen LogP contribution is -2.00. The van der Waals surface area contributed by atoms with Crippen molar-refractivity contribution < 1.29 is 9.90 Å². The Morgan fingerprint density at radius 3 is 2.53 bits per heavy atom. The molecule has 0 saturated heterocycles. The number of carbonyl (C=O) groups is 1. The number of carboxylic acid groups (broad SMARTS) is 1. The Hall–Kier alpha value is -1.66. The zero-order valence-corrected chi connectivity index (χ0v) is 11.8. The van der Waals surface area contributed by atoms with Gasteiger partial charge in [-0.1, -0.05) is 11.6 Å². The van der Waals surface area contributed by atoms with E-state index in [-0.39, 0.29) is 10.6 Å². The molecule has 2 heterocycles. The molecule has 0 aromatic carbocycles. The van der Waals surface area contributed by atoms with Crippen molar-refractivity contribution in [2.75, 3.05) is 0 Å². The number of aromatic carboxylic acids is 1. The zero-order chi connectivity index (χ0) is 14.0. The maximum Gasteiger partial charge on any atom is 0.337 e. The molecule has 5 nitrogen and oxygen atoms in total. The molecule has 2 rings (SSSR count). The lowest BCUT2D eigenvalue weighted by atomic mass is 10.3. The molecule has 2 aromatic heterocycles. The number of nitrogens with zero attached hydrogens (tertiary/aromatic N) is 3. The Bertz CT molecular complexity index is 629. The van der Waals surface area contributed by atoms with Gasteiger partial charge in [-0.15, -0.1) is 0 Å². The van der Waals surface area contributed by atoms with Gasteiger partial charge in [-0.2, -0.15) is 0 Å². The summed E-state index contributed by atoms with van der Waals surface area (Å²) in [5.41, 5.74) is 1.68. The van der Waals surface area contributed by atoms with Gasteiger partial charge in [-0.05, 0) is 37.7 Å². The van der Waals surface area contributed by atoms with E-state index in [1.807, 2.05) is 19.9 Å². The summed E-state index contributed by atoms with van der Waals surface area (Å²) < 4.78 is 0. The molecule has 2 aromatic rings. The number of carboxylic acids is 1. The number of aromatic nitrogens is 3. The third kappa shape index (κ3) is 3.21. The van der Waals surface area contributed by atoms with Gasteiger partial charge in [0.25, 0.3) is 0 Å². The molecule has 0 bridgehead atoms. The molecule has 0 unspecified atom stereocenters. The molecule has 0 saturated carbocycles. The predicted octanol–water partition coefficient (Wildman–Crippen LogP) is 2.99. The summed E-state index contributed by atoms with van der Waals surface area (Å²) in [6.45, 7) is 3.73. The van der Waals surface area contributed by atoms with Gasteiger partial charge in [0.1, 0.15) is 5.03 Å². The van der Waals surface area contributed by atoms with E-state index in [0.29, 0.717) is 10.2 Å². The van der Waals surface area contributed by atoms with Crippen LogP contribution in [0.15, 0.2) is 28.5 Å². The van der Waals surface area contributed by atoms with Crippen molar-refractivity contribution in [2.45, 2.75) is 24.0 Å². The standard InChI is InChI=1S/C12H10ClN3O2S/c1-6-5-7(2)16-12(15-6)19-10-9(13)8(11(17)18)3-4-14-10/h3-5H,1-2H3,(H,17,18). The summed E-state index contributed by atoms with van der Waals surface area (Å²) in [5, 5.41) is 9.97. The average molecular weight is 296 g/mol. The molecule has 0 amide bonds. The zero-order valence-electron chi connectivity index (χ0n) is 10.2. The molecule has 0 radical (unpaired) electrons. The molecule has 0 aliphatic carbocycles. The lowest BCUT2D eigenvalue weighted by Gasteiger charge is -2.05. The van der Waals surface area contributed by atoms with Gasteiger partial charge in [-0.3, -0.25) is 0 Å². The second kappa shape index (κ2) is 5.54. The Balaban J connectivity index is 2.38. The molecule has 19 heavy (non-hydrogen) atoms. The van der Waals surface area contributed by atoms with Gasteiger partial charge in [-0.25, -0.2) is 19.7 Å². The van der Waals surface area contributed by atoms with Gasteiger partial charge in [0, 0.05) is 17.6 Å². The van der Waals surface area contributed by atoms with Crippen molar-refractivity contribution >= 4 is 29.3 Å². The molecular formula is C12H10ClN3O2S. The highest BCUT2D eigenvalue weighted by Gasteiger charge is 2.15. The van der Waals surface area contributed by atoms with Crippen LogP contribution >= 0.6 is 23.4 Å². The fourth-order valence-corrected chi connectivity index (χ4v) is 2.66. The molecule has 98 valence electrons. The first-order chi connectivity index (χ1) is 8.97. The van der Waals surface area contributed by atoms with E-state index < -0.39 is 5.97 Å². The minimum atomic E-state index is -1.09. The summed E-state index contributed by atoms with van der Waals surface area (Å²) in [7, 11) is 0. The third-order valence-corrected chi connectivity index (χ3v) is 3.60. The quantitative estimate of drug-likeness (QED) is 0.877. The first kappa shape index (κ1) is 13.8. The molecule has 0 spiro atoms. The highest BCUT2D eigenvalue weighted by molar-refractivity contribution is 7.99. The summed E-state index contributed by atoms with van der Waals surface area (Å²) in [6.07, 6.45) is 1.40. The van der Waals surface area contributed by atoms with Gasteiger partial charge in [0.05, 0.1) is 10.6 Å². The van der Waals surface area contributed by atoms with Crippen LogP contribution < -0.4 is 0 Å². The Morgan fingerprint density at radius 2 is 1.95 bits per heavy atom. The second-order valence-corrected chi connectivity index (χ2v) is 5.15. The van der Waals surface area contributed by atoms with Crippen LogP contribution in [0.5, 0.6) is 0 Å². The molecule has 0 aliphatic heterocycles. The number of hydrogen-bond donors (Lipinski definition) is 1. The van der Waals surface area contributed by atoms with Gasteiger partial charge < -0.3 is 5.11 Å². The van der Waals surface area contributed by atoms with E-state index in [0.717, 1.165) is 23.1 Å². The van der Waals surface area contributed by atoms with Crippen LogP contribution in [0.25, 0.3) is 0 Å². The third-order valence-electron chi connectivity index (χ3n) is 2.24. The number of pyridine rings is 1. The fraction of sp³-hybridized carbons (Fsp3) is 0.167. The van der Waals surface area contributed by atoms with E-state index in [2.05, 4.69) is 15.0 Å². The predicted molar refractivity (Wildman–Crippen MR) is 71.8 cm³/mol. The smallest absolute Gasteiger partial charge is 0.337 e. The lowest BCUT2D eigenvalue weighted by molar-refractivity contribution is 0.0696. The average Bonchev–Trinajstić information content (AvgIpc) is 2.30. The summed E-state index contributed by atoms with van der Waals surface area (Å²) in [5.74, 6) is -1.09. The largest absolute Gasteiger partial charge is 0.478 e.